The fourth-order valence-corrected chi connectivity index (χ4v) is 2.24. The molecule has 1 unspecified atom stereocenters. The molecule has 0 aliphatic heterocycles. The van der Waals surface area contributed by atoms with E-state index in [-0.39, 0.29) is 10.6 Å². The molecule has 0 fully saturated rings. The summed E-state index contributed by atoms with van der Waals surface area (Å²) in [4.78, 5) is 10.7. The maximum Gasteiger partial charge on any atom is 0.292 e. The average molecular weight is 246 g/mol. The Bertz CT molecular complexity index is 469. The van der Waals surface area contributed by atoms with Crippen molar-refractivity contribution < 1.29 is 4.92 Å². The highest BCUT2D eigenvalue weighted by Crippen LogP contribution is 2.26. The highest BCUT2D eigenvalue weighted by molar-refractivity contribution is 5.62. The van der Waals surface area contributed by atoms with Crippen LogP contribution in [0.2, 0.25) is 0 Å². The fourth-order valence-electron chi connectivity index (χ4n) is 2.24. The zero-order valence-electron chi connectivity index (χ0n) is 10.6. The molecule has 0 saturated carbocycles. The topological polar surface area (TPSA) is 55.2 Å². The first-order valence-electron chi connectivity index (χ1n) is 6.30. The molecule has 1 atom stereocenters. The summed E-state index contributed by atoms with van der Waals surface area (Å²) in [7, 11) is 0. The molecule has 1 N–H and O–H groups in total. The first-order valence-corrected chi connectivity index (χ1v) is 6.30. The van der Waals surface area contributed by atoms with E-state index in [1.165, 1.54) is 0 Å². The lowest BCUT2D eigenvalue weighted by molar-refractivity contribution is -0.384. The second-order valence-electron chi connectivity index (χ2n) is 4.81. The number of hydrogen-bond acceptors (Lipinski definition) is 3. The van der Waals surface area contributed by atoms with Gasteiger partial charge in [0.25, 0.3) is 5.69 Å². The largest absolute Gasteiger partial charge is 0.379 e. The van der Waals surface area contributed by atoms with E-state index in [1.54, 1.807) is 12.1 Å². The van der Waals surface area contributed by atoms with Gasteiger partial charge in [-0.3, -0.25) is 10.1 Å². The third-order valence-electron chi connectivity index (χ3n) is 3.31. The minimum Gasteiger partial charge on any atom is -0.379 e. The van der Waals surface area contributed by atoms with Crippen LogP contribution in [0.1, 0.15) is 24.8 Å². The summed E-state index contributed by atoms with van der Waals surface area (Å²) in [6.45, 7) is 2.66. The number of allylic oxidation sites excluding steroid dienone is 2. The predicted octanol–water partition coefficient (Wildman–Crippen LogP) is 3.67. The summed E-state index contributed by atoms with van der Waals surface area (Å²) in [6, 6.07) is 5.31. The van der Waals surface area contributed by atoms with Crippen LogP contribution in [0.4, 0.5) is 11.4 Å². The Morgan fingerprint density at radius 2 is 2.28 bits per heavy atom. The molecule has 0 amide bonds. The summed E-state index contributed by atoms with van der Waals surface area (Å²) >= 11 is 0. The second kappa shape index (κ2) is 5.67. The quantitative estimate of drug-likeness (QED) is 0.501. The number of benzene rings is 1. The number of rotatable bonds is 4. The van der Waals surface area contributed by atoms with Crippen LogP contribution in [0.25, 0.3) is 0 Å². The van der Waals surface area contributed by atoms with Crippen molar-refractivity contribution in [1.29, 1.82) is 0 Å². The summed E-state index contributed by atoms with van der Waals surface area (Å²) in [5.41, 5.74) is 1.70. The van der Waals surface area contributed by atoms with Crippen LogP contribution in [0.15, 0.2) is 30.4 Å². The summed E-state index contributed by atoms with van der Waals surface area (Å²) < 4.78 is 0. The number of nitro groups is 1. The zero-order chi connectivity index (χ0) is 13.0. The van der Waals surface area contributed by atoms with Crippen LogP contribution in [0.5, 0.6) is 0 Å². The molecule has 0 bridgehead atoms. The molecule has 0 heterocycles. The Kier molecular flexibility index (Phi) is 3.97. The number of aryl methyl sites for hydroxylation is 1. The van der Waals surface area contributed by atoms with E-state index < -0.39 is 0 Å². The fraction of sp³-hybridized carbons (Fsp3) is 0.429. The molecule has 0 radical (unpaired) electrons. The van der Waals surface area contributed by atoms with Gasteiger partial charge in [-0.25, -0.2) is 0 Å². The highest BCUT2D eigenvalue weighted by atomic mass is 16.6. The molecular formula is C14H18N2O2. The van der Waals surface area contributed by atoms with Gasteiger partial charge in [0, 0.05) is 12.6 Å². The lowest BCUT2D eigenvalue weighted by Gasteiger charge is -2.18. The van der Waals surface area contributed by atoms with Crippen molar-refractivity contribution in [3.05, 3.63) is 46.0 Å². The first-order chi connectivity index (χ1) is 8.66. The molecule has 1 aromatic carbocycles. The molecule has 18 heavy (non-hydrogen) atoms. The van der Waals surface area contributed by atoms with Gasteiger partial charge in [-0.2, -0.15) is 0 Å². The lowest BCUT2D eigenvalue weighted by Crippen LogP contribution is -2.16. The van der Waals surface area contributed by atoms with E-state index >= 15 is 0 Å². The van der Waals surface area contributed by atoms with Gasteiger partial charge in [0.15, 0.2) is 0 Å². The van der Waals surface area contributed by atoms with Crippen molar-refractivity contribution >= 4 is 11.4 Å². The maximum absolute atomic E-state index is 11.0. The SMILES string of the molecule is Cc1ccc(NCC2CC=CCC2)c([N+](=O)[O-])c1. The molecule has 1 aliphatic carbocycles. The Balaban J connectivity index is 2.04. The number of nitro benzene ring substituents is 1. The standard InChI is InChI=1S/C14H18N2O2/c1-11-7-8-13(14(9-11)16(17)18)15-10-12-5-3-2-4-6-12/h2-3,7-9,12,15H,4-6,10H2,1H3. The lowest BCUT2D eigenvalue weighted by atomic mass is 9.94. The van der Waals surface area contributed by atoms with E-state index in [0.717, 1.165) is 31.4 Å². The van der Waals surface area contributed by atoms with E-state index in [0.29, 0.717) is 11.6 Å². The zero-order valence-corrected chi connectivity index (χ0v) is 10.6. The third-order valence-corrected chi connectivity index (χ3v) is 3.31. The van der Waals surface area contributed by atoms with Crippen LogP contribution in [-0.4, -0.2) is 11.5 Å². The average Bonchev–Trinajstić information content (AvgIpc) is 2.38. The summed E-state index contributed by atoms with van der Waals surface area (Å²) in [5, 5.41) is 14.2. The van der Waals surface area contributed by atoms with Gasteiger partial charge < -0.3 is 5.32 Å². The van der Waals surface area contributed by atoms with Crippen LogP contribution >= 0.6 is 0 Å². The van der Waals surface area contributed by atoms with Gasteiger partial charge in [0.05, 0.1) is 4.92 Å². The van der Waals surface area contributed by atoms with Gasteiger partial charge in [0.2, 0.25) is 0 Å². The number of hydrogen-bond donors (Lipinski definition) is 1. The minimum atomic E-state index is -0.323. The smallest absolute Gasteiger partial charge is 0.292 e. The summed E-state index contributed by atoms with van der Waals surface area (Å²) in [5.74, 6) is 0.580. The Hall–Kier alpha value is -1.84. The van der Waals surface area contributed by atoms with Gasteiger partial charge in [-0.05, 0) is 43.7 Å². The van der Waals surface area contributed by atoms with Crippen LogP contribution < -0.4 is 5.32 Å². The van der Waals surface area contributed by atoms with E-state index in [2.05, 4.69) is 17.5 Å². The number of anilines is 1. The molecule has 0 spiro atoms. The van der Waals surface area contributed by atoms with Crippen molar-refractivity contribution in [3.8, 4) is 0 Å². The van der Waals surface area contributed by atoms with E-state index in [1.807, 2.05) is 13.0 Å². The van der Waals surface area contributed by atoms with Crippen molar-refractivity contribution in [3.63, 3.8) is 0 Å². The third kappa shape index (κ3) is 3.09. The van der Waals surface area contributed by atoms with E-state index in [4.69, 9.17) is 0 Å². The molecule has 0 saturated heterocycles. The second-order valence-corrected chi connectivity index (χ2v) is 4.81. The monoisotopic (exact) mass is 246 g/mol. The number of nitrogens with one attached hydrogen (secondary N) is 1. The van der Waals surface area contributed by atoms with Gasteiger partial charge in [0.1, 0.15) is 5.69 Å². The van der Waals surface area contributed by atoms with Crippen molar-refractivity contribution in [2.75, 3.05) is 11.9 Å². The molecule has 96 valence electrons. The van der Waals surface area contributed by atoms with Crippen LogP contribution in [0, 0.1) is 23.0 Å². The van der Waals surface area contributed by atoms with E-state index in [9.17, 15) is 10.1 Å². The maximum atomic E-state index is 11.0. The molecule has 1 aromatic rings. The first kappa shape index (κ1) is 12.6. The predicted molar refractivity (Wildman–Crippen MR) is 72.8 cm³/mol. The van der Waals surface area contributed by atoms with Crippen molar-refractivity contribution in [2.45, 2.75) is 26.2 Å². The Morgan fingerprint density at radius 1 is 1.44 bits per heavy atom. The minimum absolute atomic E-state index is 0.168. The number of nitrogens with zero attached hydrogens (tertiary/aromatic N) is 1. The van der Waals surface area contributed by atoms with Crippen molar-refractivity contribution in [2.24, 2.45) is 5.92 Å². The Morgan fingerprint density at radius 3 is 2.94 bits per heavy atom. The summed E-state index contributed by atoms with van der Waals surface area (Å²) in [6.07, 6.45) is 7.72. The van der Waals surface area contributed by atoms with Crippen LogP contribution in [-0.2, 0) is 0 Å². The van der Waals surface area contributed by atoms with Crippen molar-refractivity contribution in [1.82, 2.24) is 0 Å². The molecule has 0 aromatic heterocycles. The molecular weight excluding hydrogens is 228 g/mol. The van der Waals surface area contributed by atoms with Crippen LogP contribution in [0.3, 0.4) is 0 Å². The molecule has 4 heteroatoms. The van der Waals surface area contributed by atoms with Gasteiger partial charge in [-0.1, -0.05) is 18.2 Å². The highest BCUT2D eigenvalue weighted by Gasteiger charge is 2.15. The molecule has 2 rings (SSSR count). The normalized spacial score (nSPS) is 18.6. The van der Waals surface area contributed by atoms with Gasteiger partial charge in [-0.15, -0.1) is 0 Å². The molecule has 1 aliphatic rings. The molecule has 4 nitrogen and oxygen atoms in total. The van der Waals surface area contributed by atoms with Gasteiger partial charge >= 0.3 is 0 Å². The Labute approximate surface area is 107 Å².